The number of carbonyl (C=O) groups excluding carboxylic acids is 4. The lowest BCUT2D eigenvalue weighted by Crippen LogP contribution is -2.66. The Bertz CT molecular complexity index is 2170. The third-order valence-corrected chi connectivity index (χ3v) is 11.2. The van der Waals surface area contributed by atoms with Crippen LogP contribution in [-0.4, -0.2) is 83.0 Å². The van der Waals surface area contributed by atoms with Gasteiger partial charge in [-0.25, -0.2) is 9.97 Å². The molecule has 4 amide bonds. The molecule has 2 unspecified atom stereocenters. The van der Waals surface area contributed by atoms with Gasteiger partial charge < -0.3 is 24.4 Å². The second-order valence-electron chi connectivity index (χ2n) is 15.1. The minimum Gasteiger partial charge on any atom is -0.490 e. The molecular weight excluding hydrogens is 700 g/mol. The van der Waals surface area contributed by atoms with Crippen molar-refractivity contribution >= 4 is 35.3 Å². The van der Waals surface area contributed by atoms with Crippen LogP contribution >= 0.6 is 0 Å². The first-order valence-corrected chi connectivity index (χ1v) is 18.6. The average Bonchev–Trinajstić information content (AvgIpc) is 3.38. The predicted molar refractivity (Wildman–Crippen MR) is 201 cm³/mol. The lowest BCUT2D eigenvalue weighted by molar-refractivity contribution is -0.136. The fourth-order valence-electron chi connectivity index (χ4n) is 8.01. The highest BCUT2D eigenvalue weighted by atomic mass is 16.5. The van der Waals surface area contributed by atoms with Crippen molar-refractivity contribution in [3.63, 3.8) is 0 Å². The summed E-state index contributed by atoms with van der Waals surface area (Å²) < 4.78 is 17.7. The molecule has 3 aromatic carbocycles. The van der Waals surface area contributed by atoms with Crippen LogP contribution in [0.25, 0.3) is 0 Å². The van der Waals surface area contributed by atoms with Crippen LogP contribution in [0.3, 0.4) is 0 Å². The molecule has 0 bridgehead atoms. The molecule has 1 aliphatic carbocycles. The van der Waals surface area contributed by atoms with Crippen LogP contribution in [0.15, 0.2) is 91.6 Å². The first-order chi connectivity index (χ1) is 26.7. The van der Waals surface area contributed by atoms with Gasteiger partial charge >= 0.3 is 0 Å². The van der Waals surface area contributed by atoms with E-state index in [9.17, 15) is 19.2 Å². The Morgan fingerprint density at radius 3 is 2.31 bits per heavy atom. The van der Waals surface area contributed by atoms with Crippen LogP contribution < -0.4 is 25.0 Å². The minimum absolute atomic E-state index is 0.00343. The van der Waals surface area contributed by atoms with Crippen LogP contribution in [0.2, 0.25) is 0 Å². The standard InChI is InChI=1S/C42H40N6O7/c1-2-33(25-3-8-30(9-4-25)54-20-28-15-16-43-41(45-28)47-21-42(22-47)23-53-24-42)26-5-10-31(11-6-26)55-32-17-29(18-32)44-27-7-12-34-35(19-27)40(52)48(39(34)51)36-13-14-37(49)46-38(36)50/h2-12,15-16,19,29,32-33,36,44H,1,13-14,17-18,20-24H2,(H,46,49,50)/t29-,32-,33?,36?. The van der Waals surface area contributed by atoms with Crippen molar-refractivity contribution in [3.05, 3.63) is 120 Å². The van der Waals surface area contributed by atoms with Crippen LogP contribution in [0, 0.1) is 5.41 Å². The molecule has 5 heterocycles. The van der Waals surface area contributed by atoms with E-state index in [0.717, 1.165) is 78.3 Å². The number of carbonyl (C=O) groups is 4. The maximum Gasteiger partial charge on any atom is 0.262 e. The van der Waals surface area contributed by atoms with E-state index < -0.39 is 29.7 Å². The number of benzene rings is 3. The highest BCUT2D eigenvalue weighted by Gasteiger charge is 2.50. The second kappa shape index (κ2) is 14.0. The molecule has 13 heteroatoms. The number of fused-ring (bicyclic) bond motifs is 1. The van der Waals surface area contributed by atoms with Crippen molar-refractivity contribution in [2.45, 2.75) is 56.4 Å². The quantitative estimate of drug-likeness (QED) is 0.155. The summed E-state index contributed by atoms with van der Waals surface area (Å²) in [4.78, 5) is 62.4. The number of ether oxygens (including phenoxy) is 3. The van der Waals surface area contributed by atoms with Gasteiger partial charge in [-0.3, -0.25) is 29.4 Å². The van der Waals surface area contributed by atoms with Gasteiger partial charge in [-0.2, -0.15) is 0 Å². The summed E-state index contributed by atoms with van der Waals surface area (Å²) in [5.41, 5.74) is 4.55. The molecule has 1 spiro atoms. The Balaban J connectivity index is 0.747. The number of hydrogen-bond donors (Lipinski definition) is 2. The third-order valence-electron chi connectivity index (χ3n) is 11.2. The van der Waals surface area contributed by atoms with Gasteiger partial charge in [0.1, 0.15) is 30.3 Å². The van der Waals surface area contributed by atoms with E-state index in [0.29, 0.717) is 17.7 Å². The number of amides is 4. The summed E-state index contributed by atoms with van der Waals surface area (Å²) in [6.45, 7) is 7.97. The number of imide groups is 2. The number of piperidine rings is 1. The Labute approximate surface area is 317 Å². The summed E-state index contributed by atoms with van der Waals surface area (Å²) in [7, 11) is 0. The van der Waals surface area contributed by atoms with E-state index in [1.807, 2.05) is 36.4 Å². The van der Waals surface area contributed by atoms with E-state index >= 15 is 0 Å². The Morgan fingerprint density at radius 1 is 0.927 bits per heavy atom. The van der Waals surface area contributed by atoms with Crippen molar-refractivity contribution in [2.75, 3.05) is 36.5 Å². The van der Waals surface area contributed by atoms with Gasteiger partial charge in [-0.1, -0.05) is 30.3 Å². The smallest absolute Gasteiger partial charge is 0.262 e. The highest BCUT2D eigenvalue weighted by molar-refractivity contribution is 6.23. The normalized spacial score (nSPS) is 22.9. The molecule has 280 valence electrons. The average molecular weight is 741 g/mol. The van der Waals surface area contributed by atoms with Crippen LogP contribution in [-0.2, 0) is 20.9 Å². The Hall–Kier alpha value is -6.08. The van der Waals surface area contributed by atoms with Crippen LogP contribution in [0.1, 0.15) is 69.1 Å². The fraction of sp³-hybridized carbons (Fsp3) is 0.333. The van der Waals surface area contributed by atoms with Gasteiger partial charge in [0.25, 0.3) is 11.8 Å². The molecule has 4 aliphatic heterocycles. The zero-order chi connectivity index (χ0) is 37.7. The van der Waals surface area contributed by atoms with E-state index in [2.05, 4.69) is 51.4 Å². The number of rotatable bonds is 12. The van der Waals surface area contributed by atoms with Crippen molar-refractivity contribution in [3.8, 4) is 11.5 Å². The van der Waals surface area contributed by atoms with Gasteiger partial charge in [0.05, 0.1) is 35.4 Å². The first-order valence-electron chi connectivity index (χ1n) is 18.6. The second-order valence-corrected chi connectivity index (χ2v) is 15.1. The zero-order valence-electron chi connectivity index (χ0n) is 30.1. The van der Waals surface area contributed by atoms with Crippen molar-refractivity contribution in [1.82, 2.24) is 20.2 Å². The topological polar surface area (TPSA) is 152 Å². The molecule has 1 aromatic heterocycles. The van der Waals surface area contributed by atoms with E-state index in [1.54, 1.807) is 24.4 Å². The minimum atomic E-state index is -0.989. The SMILES string of the molecule is C=CC(c1ccc(OCc2ccnc(N3CC4(COC4)C3)n2)cc1)c1ccc(O[C@H]2C[C@H](Nc3ccc4c(c3)C(=O)N(C3CCC(=O)NC3=O)C4=O)C2)cc1. The van der Waals surface area contributed by atoms with Gasteiger partial charge in [0, 0.05) is 56.2 Å². The summed E-state index contributed by atoms with van der Waals surface area (Å²) in [6, 6.07) is 22.2. The maximum atomic E-state index is 13.2. The number of hydrogen-bond acceptors (Lipinski definition) is 11. The van der Waals surface area contributed by atoms with Crippen LogP contribution in [0.5, 0.6) is 11.5 Å². The maximum absolute atomic E-state index is 13.2. The summed E-state index contributed by atoms with van der Waals surface area (Å²) in [5, 5.41) is 5.66. The monoisotopic (exact) mass is 740 g/mol. The van der Waals surface area contributed by atoms with Crippen molar-refractivity contribution in [1.29, 1.82) is 0 Å². The summed E-state index contributed by atoms with van der Waals surface area (Å²) in [5.74, 6) is 0.212. The molecule has 13 nitrogen and oxygen atoms in total. The van der Waals surface area contributed by atoms with Gasteiger partial charge in [0.15, 0.2) is 0 Å². The fourth-order valence-corrected chi connectivity index (χ4v) is 8.01. The van der Waals surface area contributed by atoms with Crippen LogP contribution in [0.4, 0.5) is 11.6 Å². The molecule has 4 aromatic rings. The van der Waals surface area contributed by atoms with Gasteiger partial charge in [-0.15, -0.1) is 6.58 Å². The van der Waals surface area contributed by atoms with Gasteiger partial charge in [-0.05, 0) is 66.1 Å². The molecule has 4 fully saturated rings. The van der Waals surface area contributed by atoms with E-state index in [4.69, 9.17) is 19.2 Å². The van der Waals surface area contributed by atoms with Crippen molar-refractivity contribution < 1.29 is 33.4 Å². The Kier molecular flexibility index (Phi) is 8.80. The molecular formula is C42H40N6O7. The third kappa shape index (κ3) is 6.69. The number of aromatic nitrogens is 2. The molecule has 1 saturated carbocycles. The molecule has 2 N–H and O–H groups in total. The number of anilines is 2. The summed E-state index contributed by atoms with van der Waals surface area (Å²) >= 11 is 0. The first kappa shape index (κ1) is 34.7. The zero-order valence-corrected chi connectivity index (χ0v) is 30.1. The number of nitrogens with zero attached hydrogens (tertiary/aromatic N) is 4. The predicted octanol–water partition coefficient (Wildman–Crippen LogP) is 4.63. The number of allylic oxidation sites excluding steroid dienone is 1. The largest absolute Gasteiger partial charge is 0.490 e. The molecule has 3 saturated heterocycles. The summed E-state index contributed by atoms with van der Waals surface area (Å²) in [6.07, 6.45) is 5.49. The van der Waals surface area contributed by atoms with E-state index in [1.165, 1.54) is 0 Å². The number of nitrogens with one attached hydrogen (secondary N) is 2. The lowest BCUT2D eigenvalue weighted by atomic mass is 9.78. The Morgan fingerprint density at radius 2 is 1.64 bits per heavy atom. The van der Waals surface area contributed by atoms with Gasteiger partial charge in [0.2, 0.25) is 17.8 Å². The molecule has 0 radical (unpaired) electrons. The van der Waals surface area contributed by atoms with E-state index in [-0.39, 0.29) is 42.0 Å². The molecule has 9 rings (SSSR count). The lowest BCUT2D eigenvalue weighted by Gasteiger charge is -2.54. The molecule has 2 atom stereocenters. The molecule has 5 aliphatic rings. The highest BCUT2D eigenvalue weighted by Crippen LogP contribution is 2.39. The molecule has 55 heavy (non-hydrogen) atoms. The van der Waals surface area contributed by atoms with Crippen molar-refractivity contribution in [2.24, 2.45) is 5.41 Å².